The lowest BCUT2D eigenvalue weighted by molar-refractivity contribution is -0.0111. The zero-order valence-corrected chi connectivity index (χ0v) is 20.5. The number of pyridine rings is 1. The summed E-state index contributed by atoms with van der Waals surface area (Å²) < 4.78 is 7.18. The van der Waals surface area contributed by atoms with Gasteiger partial charge in [-0.2, -0.15) is 5.10 Å². The fraction of sp³-hybridized carbons (Fsp3) is 0.542. The number of fused-ring (bicyclic) bond motifs is 2. The zero-order chi connectivity index (χ0) is 22.7. The molecular formula is C24H31N7OS. The normalized spacial score (nSPS) is 18.2. The second kappa shape index (κ2) is 8.07. The third kappa shape index (κ3) is 3.53. The van der Waals surface area contributed by atoms with Crippen LogP contribution in [0.3, 0.4) is 0 Å². The molecule has 0 aromatic carbocycles. The minimum absolute atomic E-state index is 0.356. The average Bonchev–Trinajstić information content (AvgIpc) is 3.47. The molecule has 9 heteroatoms. The van der Waals surface area contributed by atoms with Crippen LogP contribution < -0.4 is 10.2 Å². The van der Waals surface area contributed by atoms with E-state index in [0.29, 0.717) is 18.0 Å². The number of hydrogen-bond donors (Lipinski definition) is 2. The summed E-state index contributed by atoms with van der Waals surface area (Å²) >= 11 is 1.78. The summed E-state index contributed by atoms with van der Waals surface area (Å²) in [6, 6.07) is 1.14. The molecule has 2 saturated heterocycles. The molecule has 6 heterocycles. The van der Waals surface area contributed by atoms with Gasteiger partial charge in [-0.05, 0) is 43.7 Å². The summed E-state index contributed by atoms with van der Waals surface area (Å²) in [5, 5.41) is 9.26. The van der Waals surface area contributed by atoms with E-state index in [1.54, 1.807) is 17.7 Å². The summed E-state index contributed by atoms with van der Waals surface area (Å²) in [5.41, 5.74) is 8.05. The second-order valence-corrected chi connectivity index (χ2v) is 10.7. The van der Waals surface area contributed by atoms with Gasteiger partial charge < -0.3 is 19.9 Å². The van der Waals surface area contributed by atoms with Gasteiger partial charge in [0, 0.05) is 36.5 Å². The SMILES string of the molecule is Cc1c(-c2[nH]c3sc(N4CCC(NC5COC5)CC4)nc3c2C(C)C)cn2ncnc2c1C. The molecule has 2 aliphatic heterocycles. The van der Waals surface area contributed by atoms with Crippen molar-refractivity contribution in [2.24, 2.45) is 0 Å². The van der Waals surface area contributed by atoms with Crippen molar-refractivity contribution in [3.8, 4) is 11.3 Å². The van der Waals surface area contributed by atoms with Crippen LogP contribution in [-0.2, 0) is 4.74 Å². The van der Waals surface area contributed by atoms with Crippen LogP contribution in [0.15, 0.2) is 12.5 Å². The molecular weight excluding hydrogens is 434 g/mol. The number of ether oxygens (including phenoxy) is 1. The number of piperidine rings is 1. The lowest BCUT2D eigenvalue weighted by Crippen LogP contribution is -2.53. The van der Waals surface area contributed by atoms with Crippen molar-refractivity contribution in [3.63, 3.8) is 0 Å². The Kier molecular flexibility index (Phi) is 5.15. The molecule has 4 aromatic rings. The Balaban J connectivity index is 1.32. The summed E-state index contributed by atoms with van der Waals surface area (Å²) in [5.74, 6) is 0.356. The summed E-state index contributed by atoms with van der Waals surface area (Å²) in [4.78, 5) is 16.9. The Hall–Kier alpha value is -2.49. The van der Waals surface area contributed by atoms with Crippen LogP contribution in [0.5, 0.6) is 0 Å². The van der Waals surface area contributed by atoms with Gasteiger partial charge in [-0.15, -0.1) is 0 Å². The molecule has 2 N–H and O–H groups in total. The third-order valence-electron chi connectivity index (χ3n) is 7.23. The standard InChI is InChI=1S/C24H31N7OS/c1-13(2)19-20(18-9-31-22(25-12-26-31)15(4)14(18)3)28-23-21(19)29-24(33-23)30-7-5-16(6-8-30)27-17-10-32-11-17/h9,12-13,16-17,27-28H,5-8,10-11H2,1-4H3. The second-order valence-electron chi connectivity index (χ2n) is 9.73. The lowest BCUT2D eigenvalue weighted by atomic mass is 9.96. The highest BCUT2D eigenvalue weighted by Crippen LogP contribution is 2.41. The number of aromatic amines is 1. The number of nitrogens with zero attached hydrogens (tertiary/aromatic N) is 5. The van der Waals surface area contributed by atoms with Crippen LogP contribution >= 0.6 is 11.3 Å². The van der Waals surface area contributed by atoms with Crippen molar-refractivity contribution in [1.29, 1.82) is 0 Å². The number of rotatable bonds is 5. The lowest BCUT2D eigenvalue weighted by Gasteiger charge is -2.36. The molecule has 2 aliphatic rings. The van der Waals surface area contributed by atoms with Gasteiger partial charge in [0.2, 0.25) is 0 Å². The number of aromatic nitrogens is 5. The van der Waals surface area contributed by atoms with E-state index in [-0.39, 0.29) is 0 Å². The van der Waals surface area contributed by atoms with Crippen molar-refractivity contribution < 1.29 is 4.74 Å². The van der Waals surface area contributed by atoms with E-state index in [4.69, 9.17) is 9.72 Å². The molecule has 8 nitrogen and oxygen atoms in total. The fourth-order valence-electron chi connectivity index (χ4n) is 5.14. The fourth-order valence-corrected chi connectivity index (χ4v) is 6.18. The maximum atomic E-state index is 5.30. The first-order chi connectivity index (χ1) is 16.0. The molecule has 0 bridgehead atoms. The van der Waals surface area contributed by atoms with Gasteiger partial charge in [0.25, 0.3) is 0 Å². The van der Waals surface area contributed by atoms with Crippen LogP contribution in [0.2, 0.25) is 0 Å². The molecule has 0 atom stereocenters. The molecule has 33 heavy (non-hydrogen) atoms. The maximum absolute atomic E-state index is 5.30. The van der Waals surface area contributed by atoms with Gasteiger partial charge in [0.1, 0.15) is 16.7 Å². The van der Waals surface area contributed by atoms with Crippen LogP contribution in [0.25, 0.3) is 27.3 Å². The number of nitrogens with one attached hydrogen (secondary N) is 2. The van der Waals surface area contributed by atoms with E-state index in [9.17, 15) is 0 Å². The first-order valence-corrected chi connectivity index (χ1v) is 12.7. The molecule has 0 saturated carbocycles. The number of aryl methyl sites for hydroxylation is 1. The van der Waals surface area contributed by atoms with E-state index in [0.717, 1.165) is 71.5 Å². The predicted octanol–water partition coefficient (Wildman–Crippen LogP) is 4.03. The highest BCUT2D eigenvalue weighted by molar-refractivity contribution is 7.21. The van der Waals surface area contributed by atoms with Gasteiger partial charge in [-0.3, -0.25) is 0 Å². The van der Waals surface area contributed by atoms with E-state index in [1.807, 2.05) is 4.52 Å². The minimum Gasteiger partial charge on any atom is -0.378 e. The van der Waals surface area contributed by atoms with E-state index in [2.05, 4.69) is 59.2 Å². The van der Waals surface area contributed by atoms with Gasteiger partial charge >= 0.3 is 0 Å². The quantitative estimate of drug-likeness (QED) is 0.463. The highest BCUT2D eigenvalue weighted by atomic mass is 32.1. The maximum Gasteiger partial charge on any atom is 0.187 e. The highest BCUT2D eigenvalue weighted by Gasteiger charge is 2.28. The monoisotopic (exact) mass is 465 g/mol. The first-order valence-electron chi connectivity index (χ1n) is 11.9. The van der Waals surface area contributed by atoms with Gasteiger partial charge in [-0.25, -0.2) is 14.5 Å². The first kappa shape index (κ1) is 21.1. The molecule has 0 amide bonds. The van der Waals surface area contributed by atoms with Crippen molar-refractivity contribution in [2.75, 3.05) is 31.2 Å². The Bertz CT molecular complexity index is 1310. The largest absolute Gasteiger partial charge is 0.378 e. The zero-order valence-electron chi connectivity index (χ0n) is 19.7. The molecule has 174 valence electrons. The van der Waals surface area contributed by atoms with Gasteiger partial charge in [-0.1, -0.05) is 25.2 Å². The summed E-state index contributed by atoms with van der Waals surface area (Å²) in [6.45, 7) is 12.6. The minimum atomic E-state index is 0.356. The smallest absolute Gasteiger partial charge is 0.187 e. The molecule has 4 aromatic heterocycles. The van der Waals surface area contributed by atoms with Crippen LogP contribution in [-0.4, -0.2) is 63.0 Å². The van der Waals surface area contributed by atoms with Crippen LogP contribution in [0.1, 0.15) is 49.3 Å². The molecule has 0 spiro atoms. The molecule has 2 fully saturated rings. The molecule has 0 aliphatic carbocycles. The third-order valence-corrected chi connectivity index (χ3v) is 8.26. The van der Waals surface area contributed by atoms with Crippen LogP contribution in [0, 0.1) is 13.8 Å². The summed E-state index contributed by atoms with van der Waals surface area (Å²) in [7, 11) is 0. The molecule has 0 unspecified atom stereocenters. The van der Waals surface area contributed by atoms with Crippen molar-refractivity contribution >= 4 is 32.5 Å². The Morgan fingerprint density at radius 2 is 1.94 bits per heavy atom. The molecule has 6 rings (SSSR count). The van der Waals surface area contributed by atoms with E-state index < -0.39 is 0 Å². The Labute approximate surface area is 197 Å². The average molecular weight is 466 g/mol. The predicted molar refractivity (Wildman–Crippen MR) is 132 cm³/mol. The van der Waals surface area contributed by atoms with Crippen molar-refractivity contribution in [1.82, 2.24) is 29.9 Å². The van der Waals surface area contributed by atoms with Crippen molar-refractivity contribution in [2.45, 2.75) is 58.5 Å². The molecule has 0 radical (unpaired) electrons. The van der Waals surface area contributed by atoms with Gasteiger partial charge in [0.15, 0.2) is 10.8 Å². The summed E-state index contributed by atoms with van der Waals surface area (Å²) in [6.07, 6.45) is 6.03. The van der Waals surface area contributed by atoms with Gasteiger partial charge in [0.05, 0.1) is 24.9 Å². The number of H-pyrrole nitrogens is 1. The number of anilines is 1. The van der Waals surface area contributed by atoms with E-state index >= 15 is 0 Å². The number of hydrogen-bond acceptors (Lipinski definition) is 7. The Morgan fingerprint density at radius 1 is 1.15 bits per heavy atom. The Morgan fingerprint density at radius 3 is 2.64 bits per heavy atom. The number of thiazole rings is 1. The van der Waals surface area contributed by atoms with Crippen LogP contribution in [0.4, 0.5) is 5.13 Å². The topological polar surface area (TPSA) is 83.4 Å². The van der Waals surface area contributed by atoms with E-state index in [1.165, 1.54) is 16.7 Å². The van der Waals surface area contributed by atoms with Crippen molar-refractivity contribution in [3.05, 3.63) is 29.2 Å².